The molecule has 4 N–H and O–H groups in total. The van der Waals surface area contributed by atoms with Crippen molar-refractivity contribution in [2.75, 3.05) is 25.0 Å². The summed E-state index contributed by atoms with van der Waals surface area (Å²) in [6.45, 7) is 5.22. The molecule has 0 spiro atoms. The Bertz CT molecular complexity index is 1240. The van der Waals surface area contributed by atoms with E-state index in [0.717, 1.165) is 0 Å². The highest BCUT2D eigenvalue weighted by Crippen LogP contribution is 2.35. The van der Waals surface area contributed by atoms with Crippen LogP contribution in [0.2, 0.25) is 0 Å². The first kappa shape index (κ1) is 23.7. The van der Waals surface area contributed by atoms with E-state index < -0.39 is 11.9 Å². The lowest BCUT2D eigenvalue weighted by atomic mass is 9.85. The zero-order chi connectivity index (χ0) is 24.2. The highest BCUT2D eigenvalue weighted by Gasteiger charge is 2.34. The summed E-state index contributed by atoms with van der Waals surface area (Å²) in [6, 6.07) is 4.97. The molecular weight excluding hydrogens is 456 g/mol. The summed E-state index contributed by atoms with van der Waals surface area (Å²) in [6.07, 6.45) is 2.44. The highest BCUT2D eigenvalue weighted by atomic mass is 32.1. The van der Waals surface area contributed by atoms with E-state index in [2.05, 4.69) is 30.9 Å². The molecule has 1 aromatic carbocycles. The van der Waals surface area contributed by atoms with Crippen LogP contribution < -0.4 is 16.0 Å². The summed E-state index contributed by atoms with van der Waals surface area (Å²) in [5.74, 6) is -1.35. The molecule has 1 aliphatic rings. The number of nitrogens with one attached hydrogen (secondary N) is 3. The fourth-order valence-corrected chi connectivity index (χ4v) is 5.05. The number of aliphatic carboxylic acids is 1. The van der Waals surface area contributed by atoms with Crippen LogP contribution in [0.25, 0.3) is 21.5 Å². The van der Waals surface area contributed by atoms with Gasteiger partial charge in [-0.2, -0.15) is 0 Å². The molecule has 0 radical (unpaired) electrons. The average Bonchev–Trinajstić information content (AvgIpc) is 3.25. The third-order valence-corrected chi connectivity index (χ3v) is 6.79. The molecule has 0 saturated carbocycles. The first-order valence-electron chi connectivity index (χ1n) is 11.2. The number of hydrogen-bond acceptors (Lipinski definition) is 8. The first-order valence-corrected chi connectivity index (χ1v) is 12.0. The smallest absolute Gasteiger partial charge is 0.321 e. The fourth-order valence-electron chi connectivity index (χ4n) is 4.07. The number of carboxylic acids is 1. The van der Waals surface area contributed by atoms with Crippen molar-refractivity contribution in [3.05, 3.63) is 35.8 Å². The predicted octanol–water partition coefficient (Wildman–Crippen LogP) is 3.27. The van der Waals surface area contributed by atoms with E-state index in [0.29, 0.717) is 70.5 Å². The van der Waals surface area contributed by atoms with E-state index in [-0.39, 0.29) is 17.7 Å². The minimum Gasteiger partial charge on any atom is -0.481 e. The van der Waals surface area contributed by atoms with Gasteiger partial charge in [0.15, 0.2) is 10.9 Å². The molecule has 11 heteroatoms. The molecule has 1 fully saturated rings. The van der Waals surface area contributed by atoms with Crippen molar-refractivity contribution in [3.8, 4) is 11.3 Å². The van der Waals surface area contributed by atoms with Crippen molar-refractivity contribution in [1.82, 2.24) is 25.6 Å². The third kappa shape index (κ3) is 4.90. The summed E-state index contributed by atoms with van der Waals surface area (Å²) < 4.78 is 0.694. The van der Waals surface area contributed by atoms with Crippen LogP contribution in [0.5, 0.6) is 0 Å². The third-order valence-electron chi connectivity index (χ3n) is 5.77. The van der Waals surface area contributed by atoms with Gasteiger partial charge in [-0.15, -0.1) is 0 Å². The zero-order valence-electron chi connectivity index (χ0n) is 18.9. The Hall–Kier alpha value is -3.44. The Kier molecular flexibility index (Phi) is 7.13. The minimum absolute atomic E-state index is 0.0447. The van der Waals surface area contributed by atoms with Crippen molar-refractivity contribution >= 4 is 44.5 Å². The quantitative estimate of drug-likeness (QED) is 0.375. The number of thiazole rings is 1. The normalized spacial score (nSPS) is 17.9. The van der Waals surface area contributed by atoms with Gasteiger partial charge in [0.2, 0.25) is 0 Å². The molecule has 178 valence electrons. The summed E-state index contributed by atoms with van der Waals surface area (Å²) in [5.41, 5.74) is 2.35. The van der Waals surface area contributed by atoms with Crippen molar-refractivity contribution in [2.45, 2.75) is 32.6 Å². The van der Waals surface area contributed by atoms with Crippen molar-refractivity contribution < 1.29 is 19.5 Å². The van der Waals surface area contributed by atoms with Crippen LogP contribution in [0.3, 0.4) is 0 Å². The number of hydrogen-bond donors (Lipinski definition) is 4. The Balaban J connectivity index is 1.75. The summed E-state index contributed by atoms with van der Waals surface area (Å²) >= 11 is 1.24. The second-order valence-corrected chi connectivity index (χ2v) is 9.00. The molecular formula is C23H26N6O4S. The van der Waals surface area contributed by atoms with Gasteiger partial charge >= 0.3 is 12.0 Å². The SMILES string of the molecule is CCNC(=O)Nc1nc2cc(-c3ccnc(C4CNCCC4C(=O)O)n3)cc(C(=O)CC)c2s1. The number of aromatic nitrogens is 3. The largest absolute Gasteiger partial charge is 0.481 e. The van der Waals surface area contributed by atoms with Gasteiger partial charge in [-0.25, -0.2) is 19.7 Å². The average molecular weight is 483 g/mol. The van der Waals surface area contributed by atoms with Crippen LogP contribution in [-0.4, -0.2) is 57.5 Å². The standard InChI is InChI=1S/C23H26N6O4S/c1-3-18(30)14-9-12(10-17-19(14)34-23(28-17)29-22(33)25-4-2)16-6-8-26-20(27-16)15-11-24-7-5-13(15)21(31)32/h6,8-10,13,15,24H,3-5,7,11H2,1-2H3,(H,31,32)(H2,25,28,29,33). The number of fused-ring (bicyclic) bond motifs is 1. The fraction of sp³-hybridized carbons (Fsp3) is 0.391. The summed E-state index contributed by atoms with van der Waals surface area (Å²) in [7, 11) is 0. The van der Waals surface area contributed by atoms with E-state index in [9.17, 15) is 19.5 Å². The number of ketones is 1. The Morgan fingerprint density at radius 2 is 2.06 bits per heavy atom. The second kappa shape index (κ2) is 10.2. The van der Waals surface area contributed by atoms with Gasteiger partial charge < -0.3 is 15.7 Å². The van der Waals surface area contributed by atoms with Crippen LogP contribution in [0, 0.1) is 5.92 Å². The van der Waals surface area contributed by atoms with Gasteiger partial charge in [0, 0.05) is 42.8 Å². The summed E-state index contributed by atoms with van der Waals surface area (Å²) in [5, 5.41) is 18.6. The predicted molar refractivity (Wildman–Crippen MR) is 129 cm³/mol. The molecule has 2 aromatic heterocycles. The number of carbonyl (C=O) groups is 3. The van der Waals surface area contributed by atoms with Gasteiger partial charge in [-0.3, -0.25) is 14.9 Å². The van der Waals surface area contributed by atoms with Crippen LogP contribution in [0.1, 0.15) is 48.8 Å². The van der Waals surface area contributed by atoms with Gasteiger partial charge in [0.1, 0.15) is 5.82 Å². The number of carbonyl (C=O) groups excluding carboxylic acids is 2. The highest BCUT2D eigenvalue weighted by molar-refractivity contribution is 7.22. The molecule has 2 unspecified atom stereocenters. The van der Waals surface area contributed by atoms with E-state index >= 15 is 0 Å². The van der Waals surface area contributed by atoms with E-state index in [1.807, 2.05) is 13.0 Å². The number of rotatable bonds is 7. The number of nitrogens with zero attached hydrogens (tertiary/aromatic N) is 3. The minimum atomic E-state index is -0.854. The van der Waals surface area contributed by atoms with E-state index in [1.54, 1.807) is 25.3 Å². The molecule has 3 aromatic rings. The summed E-state index contributed by atoms with van der Waals surface area (Å²) in [4.78, 5) is 50.0. The van der Waals surface area contributed by atoms with Gasteiger partial charge in [-0.1, -0.05) is 18.3 Å². The van der Waals surface area contributed by atoms with Crippen molar-refractivity contribution in [1.29, 1.82) is 0 Å². The number of anilines is 1. The van der Waals surface area contributed by atoms with E-state index in [4.69, 9.17) is 0 Å². The topological polar surface area (TPSA) is 146 Å². The first-order chi connectivity index (χ1) is 16.4. The van der Waals surface area contributed by atoms with Gasteiger partial charge in [-0.05, 0) is 38.1 Å². The number of amides is 2. The van der Waals surface area contributed by atoms with Crippen molar-refractivity contribution in [2.24, 2.45) is 5.92 Å². The molecule has 1 aliphatic heterocycles. The zero-order valence-corrected chi connectivity index (χ0v) is 19.7. The molecule has 4 rings (SSSR count). The number of piperidine rings is 1. The van der Waals surface area contributed by atoms with Crippen LogP contribution >= 0.6 is 11.3 Å². The number of carboxylic acid groups (broad SMARTS) is 1. The van der Waals surface area contributed by atoms with Gasteiger partial charge in [0.05, 0.1) is 21.8 Å². The lowest BCUT2D eigenvalue weighted by molar-refractivity contribution is -0.143. The lowest BCUT2D eigenvalue weighted by Crippen LogP contribution is -2.39. The molecule has 3 heterocycles. The molecule has 2 amide bonds. The van der Waals surface area contributed by atoms with Gasteiger partial charge in [0.25, 0.3) is 0 Å². The number of benzene rings is 1. The Morgan fingerprint density at radius 3 is 2.79 bits per heavy atom. The molecule has 34 heavy (non-hydrogen) atoms. The second-order valence-electron chi connectivity index (χ2n) is 8.00. The molecule has 0 aliphatic carbocycles. The van der Waals surface area contributed by atoms with E-state index in [1.165, 1.54) is 11.3 Å². The van der Waals surface area contributed by atoms with Crippen LogP contribution in [-0.2, 0) is 4.79 Å². The maximum Gasteiger partial charge on any atom is 0.321 e. The van der Waals surface area contributed by atoms with Crippen LogP contribution in [0.15, 0.2) is 24.4 Å². The number of urea groups is 1. The molecule has 0 bridgehead atoms. The Labute approximate surface area is 200 Å². The number of Topliss-reactive ketones (excluding diaryl/α,β-unsaturated/α-hetero) is 1. The lowest BCUT2D eigenvalue weighted by Gasteiger charge is -2.28. The molecule has 2 atom stereocenters. The maximum absolute atomic E-state index is 12.8. The van der Waals surface area contributed by atoms with Crippen molar-refractivity contribution in [3.63, 3.8) is 0 Å². The molecule has 1 saturated heterocycles. The molecule has 10 nitrogen and oxygen atoms in total. The van der Waals surface area contributed by atoms with Crippen LogP contribution in [0.4, 0.5) is 9.93 Å². The monoisotopic (exact) mass is 482 g/mol. The Morgan fingerprint density at radius 1 is 1.24 bits per heavy atom. The maximum atomic E-state index is 12.8.